The smallest absolute Gasteiger partial charge is 0.205 e. The maximum Gasteiger partial charge on any atom is 0.205 e. The SMILES string of the molecule is COc1c(NN)ncnc1Nc1ccc(C#N)cc1Br. The third-order valence-corrected chi connectivity index (χ3v) is 3.15. The summed E-state index contributed by atoms with van der Waals surface area (Å²) in [7, 11) is 1.50. The lowest BCUT2D eigenvalue weighted by Crippen LogP contribution is -2.11. The summed E-state index contributed by atoms with van der Waals surface area (Å²) < 4.78 is 5.96. The van der Waals surface area contributed by atoms with Gasteiger partial charge in [-0.1, -0.05) is 0 Å². The summed E-state index contributed by atoms with van der Waals surface area (Å²) in [6, 6.07) is 7.23. The van der Waals surface area contributed by atoms with Gasteiger partial charge >= 0.3 is 0 Å². The van der Waals surface area contributed by atoms with Gasteiger partial charge in [-0.05, 0) is 34.1 Å². The Bertz CT molecular complexity index is 669. The number of methoxy groups -OCH3 is 1. The number of ether oxygens (including phenoxy) is 1. The summed E-state index contributed by atoms with van der Waals surface area (Å²) in [6.45, 7) is 0. The Morgan fingerprint density at radius 2 is 2.10 bits per heavy atom. The normalized spacial score (nSPS) is 9.70. The highest BCUT2D eigenvalue weighted by molar-refractivity contribution is 9.10. The lowest BCUT2D eigenvalue weighted by atomic mass is 10.2. The average molecular weight is 335 g/mol. The van der Waals surface area contributed by atoms with E-state index in [0.29, 0.717) is 22.9 Å². The molecule has 1 heterocycles. The summed E-state index contributed by atoms with van der Waals surface area (Å²) in [5.41, 5.74) is 3.73. The molecule has 0 saturated heterocycles. The van der Waals surface area contributed by atoms with Crippen molar-refractivity contribution in [2.45, 2.75) is 0 Å². The number of rotatable bonds is 4. The van der Waals surface area contributed by atoms with Gasteiger partial charge in [-0.3, -0.25) is 0 Å². The minimum Gasteiger partial charge on any atom is -0.490 e. The van der Waals surface area contributed by atoms with E-state index in [2.05, 4.69) is 42.7 Å². The molecule has 7 nitrogen and oxygen atoms in total. The fourth-order valence-corrected chi connectivity index (χ4v) is 2.05. The van der Waals surface area contributed by atoms with Crippen LogP contribution in [0.4, 0.5) is 17.3 Å². The third kappa shape index (κ3) is 2.79. The van der Waals surface area contributed by atoms with Crippen LogP contribution in [-0.4, -0.2) is 17.1 Å². The van der Waals surface area contributed by atoms with E-state index in [1.165, 1.54) is 13.4 Å². The van der Waals surface area contributed by atoms with Gasteiger partial charge in [0.15, 0.2) is 11.6 Å². The molecule has 0 aliphatic rings. The number of hydrazine groups is 1. The Balaban J connectivity index is 2.38. The highest BCUT2D eigenvalue weighted by Crippen LogP contribution is 2.33. The van der Waals surface area contributed by atoms with Crippen molar-refractivity contribution in [3.05, 3.63) is 34.6 Å². The maximum absolute atomic E-state index is 8.84. The van der Waals surface area contributed by atoms with E-state index >= 15 is 0 Å². The molecule has 0 unspecified atom stereocenters. The number of halogens is 1. The van der Waals surface area contributed by atoms with Gasteiger partial charge in [0.25, 0.3) is 0 Å². The molecular weight excluding hydrogens is 324 g/mol. The Morgan fingerprint density at radius 3 is 2.70 bits per heavy atom. The summed E-state index contributed by atoms with van der Waals surface area (Å²) in [5.74, 6) is 6.59. The molecule has 1 aromatic carbocycles. The lowest BCUT2D eigenvalue weighted by molar-refractivity contribution is 0.415. The zero-order valence-corrected chi connectivity index (χ0v) is 12.1. The minimum atomic E-state index is 0.370. The molecule has 0 atom stereocenters. The van der Waals surface area contributed by atoms with E-state index in [-0.39, 0.29) is 0 Å². The van der Waals surface area contributed by atoms with Crippen LogP contribution in [0, 0.1) is 11.3 Å². The van der Waals surface area contributed by atoms with Crippen LogP contribution >= 0.6 is 15.9 Å². The number of nitriles is 1. The quantitative estimate of drug-likeness (QED) is 0.580. The molecule has 0 amide bonds. The first-order valence-corrected chi connectivity index (χ1v) is 6.31. The van der Waals surface area contributed by atoms with E-state index in [1.807, 2.05) is 0 Å². The van der Waals surface area contributed by atoms with Gasteiger partial charge in [0.05, 0.1) is 24.4 Å². The highest BCUT2D eigenvalue weighted by atomic mass is 79.9. The van der Waals surface area contributed by atoms with Crippen molar-refractivity contribution in [3.63, 3.8) is 0 Å². The number of hydrogen-bond acceptors (Lipinski definition) is 7. The van der Waals surface area contributed by atoms with Crippen LogP contribution in [0.2, 0.25) is 0 Å². The first kappa shape index (κ1) is 14.0. The second-order valence-corrected chi connectivity index (χ2v) is 4.53. The van der Waals surface area contributed by atoms with Crippen LogP contribution in [0.25, 0.3) is 0 Å². The molecule has 0 saturated carbocycles. The summed E-state index contributed by atoms with van der Waals surface area (Å²) in [4.78, 5) is 8.06. The monoisotopic (exact) mass is 334 g/mol. The molecule has 2 rings (SSSR count). The van der Waals surface area contributed by atoms with Gasteiger partial charge in [-0.25, -0.2) is 15.8 Å². The average Bonchev–Trinajstić information content (AvgIpc) is 2.48. The predicted molar refractivity (Wildman–Crippen MR) is 78.5 cm³/mol. The van der Waals surface area contributed by atoms with Crippen molar-refractivity contribution in [2.24, 2.45) is 5.84 Å². The number of nitrogens with two attached hydrogens (primary N) is 1. The number of benzene rings is 1. The Hall–Kier alpha value is -2.37. The standard InChI is InChI=1S/C12H11BrN6O/c1-20-10-11(16-6-17-12(10)19-15)18-9-3-2-7(5-14)4-8(9)13/h2-4,6H,15H2,1H3,(H2,16,17,18,19). The molecule has 102 valence electrons. The predicted octanol–water partition coefficient (Wildman–Crippen LogP) is 2.15. The van der Waals surface area contributed by atoms with E-state index in [4.69, 9.17) is 15.8 Å². The number of aromatic nitrogens is 2. The minimum absolute atomic E-state index is 0.370. The van der Waals surface area contributed by atoms with Crippen LogP contribution in [0.5, 0.6) is 5.75 Å². The molecule has 0 bridgehead atoms. The van der Waals surface area contributed by atoms with E-state index < -0.39 is 0 Å². The Labute approximate surface area is 123 Å². The molecule has 0 radical (unpaired) electrons. The first-order valence-electron chi connectivity index (χ1n) is 5.52. The summed E-state index contributed by atoms with van der Waals surface area (Å²) in [5, 5.41) is 11.9. The topological polar surface area (TPSA) is 109 Å². The maximum atomic E-state index is 8.84. The third-order valence-electron chi connectivity index (χ3n) is 2.50. The molecule has 2 aromatic rings. The van der Waals surface area contributed by atoms with Gasteiger partial charge in [-0.2, -0.15) is 5.26 Å². The Morgan fingerprint density at radius 1 is 1.35 bits per heavy atom. The zero-order chi connectivity index (χ0) is 14.5. The van der Waals surface area contributed by atoms with Crippen LogP contribution in [0.1, 0.15) is 5.56 Å². The van der Waals surface area contributed by atoms with Crippen LogP contribution in [0.15, 0.2) is 29.0 Å². The molecular formula is C12H11BrN6O. The van der Waals surface area contributed by atoms with Crippen molar-refractivity contribution in [2.75, 3.05) is 17.9 Å². The molecule has 0 aliphatic heterocycles. The fraction of sp³-hybridized carbons (Fsp3) is 0.0833. The number of nitrogens with zero attached hydrogens (tertiary/aromatic N) is 3. The molecule has 8 heteroatoms. The van der Waals surface area contributed by atoms with Gasteiger partial charge in [0, 0.05) is 4.47 Å². The van der Waals surface area contributed by atoms with Crippen molar-refractivity contribution in [1.82, 2.24) is 9.97 Å². The van der Waals surface area contributed by atoms with E-state index in [9.17, 15) is 0 Å². The highest BCUT2D eigenvalue weighted by Gasteiger charge is 2.12. The summed E-state index contributed by atoms with van der Waals surface area (Å²) >= 11 is 3.39. The zero-order valence-electron chi connectivity index (χ0n) is 10.5. The van der Waals surface area contributed by atoms with Crippen molar-refractivity contribution >= 4 is 33.3 Å². The number of nitrogen functional groups attached to an aromatic ring is 1. The van der Waals surface area contributed by atoms with Crippen LogP contribution < -0.4 is 21.3 Å². The van der Waals surface area contributed by atoms with Gasteiger partial charge in [0.2, 0.25) is 5.75 Å². The Kier molecular flexibility index (Phi) is 4.34. The second-order valence-electron chi connectivity index (χ2n) is 3.68. The molecule has 0 aliphatic carbocycles. The number of anilines is 3. The number of nitrogens with one attached hydrogen (secondary N) is 2. The molecule has 4 N–H and O–H groups in total. The van der Waals surface area contributed by atoms with E-state index in [1.54, 1.807) is 18.2 Å². The summed E-state index contributed by atoms with van der Waals surface area (Å²) in [6.07, 6.45) is 1.36. The largest absolute Gasteiger partial charge is 0.490 e. The molecule has 20 heavy (non-hydrogen) atoms. The van der Waals surface area contributed by atoms with E-state index in [0.717, 1.165) is 10.2 Å². The van der Waals surface area contributed by atoms with Crippen molar-refractivity contribution < 1.29 is 4.74 Å². The van der Waals surface area contributed by atoms with Crippen molar-refractivity contribution in [1.29, 1.82) is 5.26 Å². The van der Waals surface area contributed by atoms with Gasteiger partial charge < -0.3 is 15.5 Å². The fourth-order valence-electron chi connectivity index (χ4n) is 1.57. The van der Waals surface area contributed by atoms with Crippen LogP contribution in [-0.2, 0) is 0 Å². The molecule has 0 spiro atoms. The first-order chi connectivity index (χ1) is 9.69. The number of hydrogen-bond donors (Lipinski definition) is 3. The van der Waals surface area contributed by atoms with Crippen molar-refractivity contribution in [3.8, 4) is 11.8 Å². The lowest BCUT2D eigenvalue weighted by Gasteiger charge is -2.13. The molecule has 0 fully saturated rings. The van der Waals surface area contributed by atoms with Gasteiger partial charge in [0.1, 0.15) is 6.33 Å². The van der Waals surface area contributed by atoms with Gasteiger partial charge in [-0.15, -0.1) is 0 Å². The second kappa shape index (κ2) is 6.18. The molecule has 1 aromatic heterocycles. The van der Waals surface area contributed by atoms with Crippen LogP contribution in [0.3, 0.4) is 0 Å².